The number of hydrogen-bond acceptors (Lipinski definition) is 6. The highest BCUT2D eigenvalue weighted by Crippen LogP contribution is 2.34. The van der Waals surface area contributed by atoms with E-state index in [0.717, 1.165) is 6.07 Å². The predicted octanol–water partition coefficient (Wildman–Crippen LogP) is 3.99. The number of nitrogens with one attached hydrogen (secondary N) is 1. The van der Waals surface area contributed by atoms with Crippen LogP contribution in [-0.4, -0.2) is 45.8 Å². The fraction of sp³-hybridized carbons (Fsp3) is 0.360. The molecule has 0 radical (unpaired) electrons. The minimum atomic E-state index is -1.32. The molecule has 1 aliphatic rings. The van der Waals surface area contributed by atoms with Crippen LogP contribution in [0.5, 0.6) is 0 Å². The molecular weight excluding hydrogens is 463 g/mol. The van der Waals surface area contributed by atoms with Crippen LogP contribution < -0.4 is 20.5 Å². The summed E-state index contributed by atoms with van der Waals surface area (Å²) < 4.78 is 53.9. The monoisotopic (exact) mass is 489 g/mol. The fourth-order valence-electron chi connectivity index (χ4n) is 4.13. The van der Waals surface area contributed by atoms with E-state index in [-0.39, 0.29) is 27.6 Å². The first-order valence-electron chi connectivity index (χ1n) is 11.3. The molecule has 2 heterocycles. The molecule has 1 atom stereocenters. The molecule has 186 valence electrons. The highest BCUT2D eigenvalue weighted by molar-refractivity contribution is 5.99. The Hall–Kier alpha value is -3.53. The van der Waals surface area contributed by atoms with Gasteiger partial charge in [0.05, 0.1) is 30.3 Å². The van der Waals surface area contributed by atoms with Crippen molar-refractivity contribution in [3.05, 3.63) is 69.1 Å². The lowest BCUT2D eigenvalue weighted by molar-refractivity contribution is 0.0956. The Balaban J connectivity index is 1.89. The molecule has 1 saturated heterocycles. The molecule has 35 heavy (non-hydrogen) atoms. The van der Waals surface area contributed by atoms with Gasteiger partial charge in [-0.05, 0) is 26.0 Å². The van der Waals surface area contributed by atoms with Crippen molar-refractivity contribution in [2.45, 2.75) is 19.9 Å². The van der Waals surface area contributed by atoms with E-state index < -0.39 is 29.4 Å². The number of fused-ring (bicyclic) bond motifs is 1. The van der Waals surface area contributed by atoms with Gasteiger partial charge < -0.3 is 24.3 Å². The molecule has 4 rings (SSSR count). The number of amides is 1. The molecule has 1 amide bonds. The number of nitrogens with zero attached hydrogens (tertiary/aromatic N) is 2. The molecule has 1 fully saturated rings. The normalized spacial score (nSPS) is 14.7. The zero-order chi connectivity index (χ0) is 25.3. The minimum Gasteiger partial charge on any atom is -0.440 e. The average molecular weight is 489 g/mol. The van der Waals surface area contributed by atoms with E-state index in [1.54, 1.807) is 19.9 Å². The summed E-state index contributed by atoms with van der Waals surface area (Å²) in [5.74, 6) is -3.51. The quantitative estimate of drug-likeness (QED) is 0.528. The summed E-state index contributed by atoms with van der Waals surface area (Å²) in [5, 5.41) is 2.87. The summed E-state index contributed by atoms with van der Waals surface area (Å²) >= 11 is 0. The van der Waals surface area contributed by atoms with Crippen molar-refractivity contribution in [3.63, 3.8) is 0 Å². The number of carbonyl (C=O) groups excluding carboxylic acids is 1. The Morgan fingerprint density at radius 3 is 2.54 bits per heavy atom. The van der Waals surface area contributed by atoms with Gasteiger partial charge in [-0.15, -0.1) is 0 Å². The second kappa shape index (κ2) is 9.99. The van der Waals surface area contributed by atoms with Gasteiger partial charge >= 0.3 is 0 Å². The Kier molecular flexibility index (Phi) is 7.02. The van der Waals surface area contributed by atoms with Crippen molar-refractivity contribution in [1.82, 2.24) is 5.32 Å². The third-order valence-electron chi connectivity index (χ3n) is 6.15. The van der Waals surface area contributed by atoms with E-state index in [1.165, 1.54) is 24.1 Å². The van der Waals surface area contributed by atoms with E-state index in [4.69, 9.17) is 9.15 Å². The van der Waals surface area contributed by atoms with Crippen LogP contribution in [0.3, 0.4) is 0 Å². The van der Waals surface area contributed by atoms with Gasteiger partial charge in [-0.3, -0.25) is 9.59 Å². The largest absolute Gasteiger partial charge is 0.440 e. The third kappa shape index (κ3) is 4.84. The van der Waals surface area contributed by atoms with Gasteiger partial charge in [0.25, 0.3) is 5.91 Å². The number of halogens is 3. The Morgan fingerprint density at radius 1 is 1.14 bits per heavy atom. The molecule has 1 N–H and O–H groups in total. The Bertz CT molecular complexity index is 1320. The molecule has 1 aliphatic heterocycles. The lowest BCUT2D eigenvalue weighted by atomic mass is 9.99. The smallest absolute Gasteiger partial charge is 0.251 e. The average Bonchev–Trinajstić information content (AvgIpc) is 2.85. The molecule has 0 aliphatic carbocycles. The highest BCUT2D eigenvalue weighted by atomic mass is 19.2. The zero-order valence-electron chi connectivity index (χ0n) is 19.7. The van der Waals surface area contributed by atoms with Crippen LogP contribution in [-0.2, 0) is 4.74 Å². The molecule has 1 aromatic heterocycles. The number of ether oxygens (including phenoxy) is 1. The summed E-state index contributed by atoms with van der Waals surface area (Å²) in [6.07, 6.45) is 0. The highest BCUT2D eigenvalue weighted by Gasteiger charge is 2.25. The summed E-state index contributed by atoms with van der Waals surface area (Å²) in [6, 6.07) is 5.00. The first-order chi connectivity index (χ1) is 16.7. The number of morpholine rings is 1. The van der Waals surface area contributed by atoms with E-state index in [0.29, 0.717) is 50.4 Å². The number of benzene rings is 2. The molecule has 0 saturated carbocycles. The van der Waals surface area contributed by atoms with Gasteiger partial charge in [-0.25, -0.2) is 13.2 Å². The van der Waals surface area contributed by atoms with Crippen LogP contribution in [0.1, 0.15) is 35.8 Å². The SMILES string of the molecule is CCNC(=O)c1cc(C(C)N(C)c2cc(F)cc(F)c2F)c2oc(N3CCOCC3)cc(=O)c2c1. The molecular formula is C25H26F3N3O4. The number of rotatable bonds is 6. The maximum Gasteiger partial charge on any atom is 0.251 e. The number of carbonyl (C=O) groups is 1. The van der Waals surface area contributed by atoms with Gasteiger partial charge in [-0.2, -0.15) is 0 Å². The molecule has 3 aromatic rings. The zero-order valence-corrected chi connectivity index (χ0v) is 19.7. The van der Waals surface area contributed by atoms with Gasteiger partial charge in [0.1, 0.15) is 11.4 Å². The van der Waals surface area contributed by atoms with Crippen molar-refractivity contribution in [1.29, 1.82) is 0 Å². The van der Waals surface area contributed by atoms with Gasteiger partial charge in [-0.1, -0.05) is 0 Å². The van der Waals surface area contributed by atoms with Crippen molar-refractivity contribution in [3.8, 4) is 0 Å². The van der Waals surface area contributed by atoms with Gasteiger partial charge in [0, 0.05) is 56.0 Å². The first kappa shape index (κ1) is 24.6. The van der Waals surface area contributed by atoms with Crippen LogP contribution in [0.15, 0.2) is 39.5 Å². The van der Waals surface area contributed by atoms with Crippen LogP contribution >= 0.6 is 0 Å². The Morgan fingerprint density at radius 2 is 1.86 bits per heavy atom. The maximum atomic E-state index is 14.6. The Labute approximate surface area is 200 Å². The second-order valence-corrected chi connectivity index (χ2v) is 8.36. The van der Waals surface area contributed by atoms with Crippen LogP contribution in [0.4, 0.5) is 24.7 Å². The second-order valence-electron chi connectivity index (χ2n) is 8.36. The van der Waals surface area contributed by atoms with Crippen molar-refractivity contribution in [2.75, 3.05) is 49.7 Å². The lowest BCUT2D eigenvalue weighted by Gasteiger charge is -2.30. The summed E-state index contributed by atoms with van der Waals surface area (Å²) in [6.45, 7) is 5.83. The van der Waals surface area contributed by atoms with Crippen LogP contribution in [0.2, 0.25) is 0 Å². The summed E-state index contributed by atoms with van der Waals surface area (Å²) in [5.41, 5.74) is 0.161. The molecule has 0 spiro atoms. The van der Waals surface area contributed by atoms with Crippen molar-refractivity contribution in [2.24, 2.45) is 0 Å². The summed E-state index contributed by atoms with van der Waals surface area (Å²) in [7, 11) is 1.47. The summed E-state index contributed by atoms with van der Waals surface area (Å²) in [4.78, 5) is 29.0. The molecule has 2 aromatic carbocycles. The fourth-order valence-corrected chi connectivity index (χ4v) is 4.13. The standard InChI is InChI=1S/C25H26F3N3O4/c1-4-29-25(33)15-9-17(14(2)30(3)20-12-16(26)11-19(27)23(20)28)24-18(10-15)21(32)13-22(35-24)31-5-7-34-8-6-31/h9-14H,4-8H2,1-3H3,(H,29,33). The van der Waals surface area contributed by atoms with Crippen molar-refractivity contribution < 1.29 is 27.1 Å². The first-order valence-corrected chi connectivity index (χ1v) is 11.3. The number of hydrogen-bond donors (Lipinski definition) is 1. The molecule has 0 bridgehead atoms. The molecule has 10 heteroatoms. The number of anilines is 2. The van der Waals surface area contributed by atoms with Crippen LogP contribution in [0.25, 0.3) is 11.0 Å². The van der Waals surface area contributed by atoms with Crippen molar-refractivity contribution >= 4 is 28.4 Å². The third-order valence-corrected chi connectivity index (χ3v) is 6.15. The van der Waals surface area contributed by atoms with Crippen LogP contribution in [0, 0.1) is 17.5 Å². The van der Waals surface area contributed by atoms with Gasteiger partial charge in [0.15, 0.2) is 22.9 Å². The topological polar surface area (TPSA) is 75.0 Å². The van der Waals surface area contributed by atoms with Gasteiger partial charge in [0.2, 0.25) is 0 Å². The predicted molar refractivity (Wildman–Crippen MR) is 127 cm³/mol. The minimum absolute atomic E-state index is 0.173. The van der Waals surface area contributed by atoms with E-state index in [1.807, 2.05) is 4.90 Å². The van der Waals surface area contributed by atoms with E-state index in [2.05, 4.69) is 5.32 Å². The maximum absolute atomic E-state index is 14.6. The molecule has 1 unspecified atom stereocenters. The van der Waals surface area contributed by atoms with E-state index >= 15 is 0 Å². The molecule has 7 nitrogen and oxygen atoms in total. The van der Waals surface area contributed by atoms with E-state index in [9.17, 15) is 22.8 Å². The lowest BCUT2D eigenvalue weighted by Crippen LogP contribution is -2.36.